The Morgan fingerprint density at radius 1 is 1.38 bits per heavy atom. The van der Waals surface area contributed by atoms with Gasteiger partial charge in [0.25, 0.3) is 0 Å². The largest absolute Gasteiger partial charge is 0.479 e. The lowest BCUT2D eigenvalue weighted by molar-refractivity contribution is -0.161. The molecule has 0 spiro atoms. The van der Waals surface area contributed by atoms with Crippen LogP contribution in [0.25, 0.3) is 0 Å². The van der Waals surface area contributed by atoms with Crippen molar-refractivity contribution in [2.75, 3.05) is 0 Å². The van der Waals surface area contributed by atoms with E-state index >= 15 is 0 Å². The van der Waals surface area contributed by atoms with Crippen LogP contribution in [0.5, 0.6) is 0 Å². The molecule has 6 nitrogen and oxygen atoms in total. The van der Waals surface area contributed by atoms with Crippen LogP contribution in [0.15, 0.2) is 18.7 Å². The molecule has 0 saturated heterocycles. The quantitative estimate of drug-likeness (QED) is 0.633. The molecule has 0 amide bonds. The Bertz CT molecular complexity index is 316. The van der Waals surface area contributed by atoms with Gasteiger partial charge in [0.05, 0.1) is 6.33 Å². The highest BCUT2D eigenvalue weighted by Gasteiger charge is 2.43. The molecule has 0 radical (unpaired) electrons. The predicted molar refractivity (Wildman–Crippen MR) is 41.1 cm³/mol. The lowest BCUT2D eigenvalue weighted by atomic mass is 10.0. The number of hydrogen-bond acceptors (Lipinski definition) is 3. The highest BCUT2D eigenvalue weighted by Crippen LogP contribution is 2.15. The summed E-state index contributed by atoms with van der Waals surface area (Å²) in [4.78, 5) is 25.1. The monoisotopic (exact) mass is 184 g/mol. The smallest absolute Gasteiger partial charge is 0.341 e. The molecule has 0 fully saturated rings. The molecule has 0 atom stereocenters. The van der Waals surface area contributed by atoms with Crippen molar-refractivity contribution in [1.82, 2.24) is 9.55 Å². The summed E-state index contributed by atoms with van der Waals surface area (Å²) in [5, 5.41) is 17.5. The summed E-state index contributed by atoms with van der Waals surface area (Å²) in [6.07, 6.45) is 3.77. The van der Waals surface area contributed by atoms with E-state index in [1.54, 1.807) is 0 Å². The van der Waals surface area contributed by atoms with Crippen LogP contribution in [-0.2, 0) is 15.1 Å². The van der Waals surface area contributed by atoms with E-state index < -0.39 is 17.5 Å². The van der Waals surface area contributed by atoms with Crippen molar-refractivity contribution < 1.29 is 19.8 Å². The van der Waals surface area contributed by atoms with Crippen LogP contribution < -0.4 is 0 Å². The van der Waals surface area contributed by atoms with Crippen molar-refractivity contribution in [3.63, 3.8) is 0 Å². The molecule has 0 aliphatic heterocycles. The normalized spacial score (nSPS) is 11.2. The van der Waals surface area contributed by atoms with E-state index in [4.69, 9.17) is 10.2 Å². The van der Waals surface area contributed by atoms with E-state index in [0.717, 1.165) is 17.8 Å². The van der Waals surface area contributed by atoms with E-state index in [2.05, 4.69) is 4.98 Å². The van der Waals surface area contributed by atoms with Gasteiger partial charge in [-0.15, -0.1) is 0 Å². The van der Waals surface area contributed by atoms with E-state index in [1.807, 2.05) is 0 Å². The van der Waals surface area contributed by atoms with Crippen LogP contribution in [0.4, 0.5) is 0 Å². The molecule has 2 N–H and O–H groups in total. The molecule has 13 heavy (non-hydrogen) atoms. The van der Waals surface area contributed by atoms with Gasteiger partial charge in [-0.1, -0.05) is 0 Å². The van der Waals surface area contributed by atoms with Crippen molar-refractivity contribution in [2.45, 2.75) is 12.5 Å². The zero-order chi connectivity index (χ0) is 10.1. The molecule has 1 aromatic heterocycles. The third-order valence-corrected chi connectivity index (χ3v) is 1.85. The number of nitrogens with zero attached hydrogens (tertiary/aromatic N) is 2. The zero-order valence-electron chi connectivity index (χ0n) is 6.84. The highest BCUT2D eigenvalue weighted by molar-refractivity contribution is 6.00. The van der Waals surface area contributed by atoms with Crippen LogP contribution in [0.3, 0.4) is 0 Å². The van der Waals surface area contributed by atoms with E-state index in [9.17, 15) is 9.59 Å². The van der Waals surface area contributed by atoms with Crippen LogP contribution in [0.2, 0.25) is 0 Å². The first kappa shape index (κ1) is 9.24. The second-order valence-corrected chi connectivity index (χ2v) is 2.65. The van der Waals surface area contributed by atoms with Gasteiger partial charge in [0.15, 0.2) is 0 Å². The first-order valence-electron chi connectivity index (χ1n) is 3.45. The molecule has 70 valence electrons. The number of aromatic nitrogens is 2. The fraction of sp³-hybridized carbons (Fsp3) is 0.286. The lowest BCUT2D eigenvalue weighted by Gasteiger charge is -2.20. The Morgan fingerprint density at radius 2 is 1.92 bits per heavy atom. The summed E-state index contributed by atoms with van der Waals surface area (Å²) < 4.78 is 1.03. The summed E-state index contributed by atoms with van der Waals surface area (Å²) in [5.74, 6) is -2.86. The number of carboxylic acids is 2. The number of carboxylic acid groups (broad SMARTS) is 2. The summed E-state index contributed by atoms with van der Waals surface area (Å²) in [5.41, 5.74) is -1.99. The van der Waals surface area contributed by atoms with Crippen molar-refractivity contribution in [2.24, 2.45) is 0 Å². The Kier molecular flexibility index (Phi) is 2.05. The Balaban J connectivity index is 3.21. The van der Waals surface area contributed by atoms with Gasteiger partial charge in [0.2, 0.25) is 5.54 Å². The van der Waals surface area contributed by atoms with Gasteiger partial charge in [0.1, 0.15) is 0 Å². The number of rotatable bonds is 3. The van der Waals surface area contributed by atoms with Gasteiger partial charge in [-0.05, 0) is 6.92 Å². The SMILES string of the molecule is CC(C(=O)O)(C(=O)O)n1ccnc1. The zero-order valence-corrected chi connectivity index (χ0v) is 6.84. The Hall–Kier alpha value is -1.85. The molecule has 0 aliphatic rings. The predicted octanol–water partition coefficient (Wildman–Crippen LogP) is -0.233. The van der Waals surface area contributed by atoms with E-state index in [-0.39, 0.29) is 0 Å². The maximum Gasteiger partial charge on any atom is 0.341 e. The molecule has 0 aromatic carbocycles. The molecule has 1 aromatic rings. The minimum atomic E-state index is -1.99. The van der Waals surface area contributed by atoms with Gasteiger partial charge in [-0.2, -0.15) is 0 Å². The number of aliphatic carboxylic acids is 2. The number of hydrogen-bond donors (Lipinski definition) is 2. The third kappa shape index (κ3) is 1.26. The van der Waals surface area contributed by atoms with Crippen LogP contribution in [0.1, 0.15) is 6.92 Å². The molecule has 0 aliphatic carbocycles. The van der Waals surface area contributed by atoms with Gasteiger partial charge < -0.3 is 14.8 Å². The minimum Gasteiger partial charge on any atom is -0.479 e. The average Bonchev–Trinajstić information content (AvgIpc) is 2.54. The van der Waals surface area contributed by atoms with Crippen LogP contribution in [0, 0.1) is 0 Å². The van der Waals surface area contributed by atoms with Crippen molar-refractivity contribution in [3.8, 4) is 0 Å². The Labute approximate surface area is 73.4 Å². The number of imidazole rings is 1. The lowest BCUT2D eigenvalue weighted by Crippen LogP contribution is -2.45. The van der Waals surface area contributed by atoms with Crippen LogP contribution >= 0.6 is 0 Å². The molecule has 1 heterocycles. The number of carbonyl (C=O) groups is 2. The summed E-state index contributed by atoms with van der Waals surface area (Å²) in [6, 6.07) is 0. The first-order chi connectivity index (χ1) is 5.99. The Morgan fingerprint density at radius 3 is 2.23 bits per heavy atom. The fourth-order valence-corrected chi connectivity index (χ4v) is 0.836. The maximum absolute atomic E-state index is 10.7. The third-order valence-electron chi connectivity index (χ3n) is 1.85. The van der Waals surface area contributed by atoms with Gasteiger partial charge in [-0.3, -0.25) is 0 Å². The van der Waals surface area contributed by atoms with Crippen molar-refractivity contribution in [3.05, 3.63) is 18.7 Å². The summed E-state index contributed by atoms with van der Waals surface area (Å²) in [7, 11) is 0. The molecule has 6 heteroatoms. The minimum absolute atomic E-state index is 1.03. The second kappa shape index (κ2) is 2.89. The molecule has 0 saturated carbocycles. The maximum atomic E-state index is 10.7. The van der Waals surface area contributed by atoms with Gasteiger partial charge >= 0.3 is 11.9 Å². The van der Waals surface area contributed by atoms with Crippen molar-refractivity contribution in [1.29, 1.82) is 0 Å². The summed E-state index contributed by atoms with van der Waals surface area (Å²) in [6.45, 7) is 1.10. The molecule has 0 bridgehead atoms. The molecular formula is C7H8N2O4. The first-order valence-corrected chi connectivity index (χ1v) is 3.45. The fourth-order valence-electron chi connectivity index (χ4n) is 0.836. The summed E-state index contributed by atoms with van der Waals surface area (Å²) >= 11 is 0. The van der Waals surface area contributed by atoms with Crippen molar-refractivity contribution >= 4 is 11.9 Å². The average molecular weight is 184 g/mol. The van der Waals surface area contributed by atoms with E-state index in [1.165, 1.54) is 12.4 Å². The topological polar surface area (TPSA) is 92.4 Å². The standard InChI is InChI=1S/C7H8N2O4/c1-7(5(10)11,6(12)13)9-3-2-8-4-9/h2-4H,1H3,(H,10,11)(H,12,13). The highest BCUT2D eigenvalue weighted by atomic mass is 16.4. The van der Waals surface area contributed by atoms with Gasteiger partial charge in [-0.25, -0.2) is 14.6 Å². The molecule has 1 rings (SSSR count). The van der Waals surface area contributed by atoms with Gasteiger partial charge in [0, 0.05) is 12.4 Å². The molecular weight excluding hydrogens is 176 g/mol. The van der Waals surface area contributed by atoms with Crippen LogP contribution in [-0.4, -0.2) is 31.7 Å². The second-order valence-electron chi connectivity index (χ2n) is 2.65. The van der Waals surface area contributed by atoms with E-state index in [0.29, 0.717) is 0 Å². The molecule has 0 unspecified atom stereocenters.